The normalized spacial score (nSPS) is 14.3. The highest BCUT2D eigenvalue weighted by molar-refractivity contribution is 6.01. The SMILES string of the molecule is N#C/C(=C/c1ccc(Oc2ccc([N+](=O)[O-])cn2)cc1)C(=O)NC1CCCC1. The van der Waals surface area contributed by atoms with Crippen LogP contribution in [0.15, 0.2) is 48.2 Å². The molecule has 1 aliphatic carbocycles. The van der Waals surface area contributed by atoms with Crippen molar-refractivity contribution in [3.63, 3.8) is 0 Å². The number of nitro groups is 1. The first-order chi connectivity index (χ1) is 13.5. The van der Waals surface area contributed by atoms with Gasteiger partial charge < -0.3 is 10.1 Å². The zero-order valence-corrected chi connectivity index (χ0v) is 15.0. The minimum absolute atomic E-state index is 0.0533. The fraction of sp³-hybridized carbons (Fsp3) is 0.250. The molecule has 1 fully saturated rings. The molecule has 3 rings (SSSR count). The van der Waals surface area contributed by atoms with Crippen molar-refractivity contribution < 1.29 is 14.5 Å². The number of aromatic nitrogens is 1. The highest BCUT2D eigenvalue weighted by atomic mass is 16.6. The van der Waals surface area contributed by atoms with E-state index in [0.717, 1.165) is 31.9 Å². The second-order valence-electron chi connectivity index (χ2n) is 6.41. The fourth-order valence-corrected chi connectivity index (χ4v) is 2.94. The molecule has 1 heterocycles. The molecule has 0 bridgehead atoms. The van der Waals surface area contributed by atoms with Crippen molar-refractivity contribution in [1.29, 1.82) is 5.26 Å². The van der Waals surface area contributed by atoms with Gasteiger partial charge in [-0.2, -0.15) is 5.26 Å². The first-order valence-electron chi connectivity index (χ1n) is 8.86. The van der Waals surface area contributed by atoms with Crippen molar-refractivity contribution in [3.05, 3.63) is 63.8 Å². The van der Waals surface area contributed by atoms with Crippen LogP contribution in [0.4, 0.5) is 5.69 Å². The number of carbonyl (C=O) groups is 1. The third-order valence-electron chi connectivity index (χ3n) is 4.40. The number of benzene rings is 1. The number of nitrogens with zero attached hydrogens (tertiary/aromatic N) is 3. The lowest BCUT2D eigenvalue weighted by Crippen LogP contribution is -2.33. The quantitative estimate of drug-likeness (QED) is 0.354. The monoisotopic (exact) mass is 378 g/mol. The molecular formula is C20H18N4O4. The highest BCUT2D eigenvalue weighted by Gasteiger charge is 2.19. The van der Waals surface area contributed by atoms with Crippen molar-refractivity contribution in [3.8, 4) is 17.7 Å². The summed E-state index contributed by atoms with van der Waals surface area (Å²) in [5, 5.41) is 22.8. The number of hydrogen-bond donors (Lipinski definition) is 1. The third-order valence-corrected chi connectivity index (χ3v) is 4.40. The smallest absolute Gasteiger partial charge is 0.287 e. The van der Waals surface area contributed by atoms with E-state index in [0.29, 0.717) is 11.3 Å². The van der Waals surface area contributed by atoms with Crippen LogP contribution in [0.5, 0.6) is 11.6 Å². The molecule has 0 atom stereocenters. The average molecular weight is 378 g/mol. The van der Waals surface area contributed by atoms with Crippen LogP contribution < -0.4 is 10.1 Å². The minimum Gasteiger partial charge on any atom is -0.439 e. The average Bonchev–Trinajstić information content (AvgIpc) is 3.20. The van der Waals surface area contributed by atoms with Gasteiger partial charge in [0, 0.05) is 18.2 Å². The summed E-state index contributed by atoms with van der Waals surface area (Å²) in [6.07, 6.45) is 6.75. The number of ether oxygens (including phenoxy) is 1. The molecule has 1 saturated carbocycles. The molecule has 1 aliphatic rings. The summed E-state index contributed by atoms with van der Waals surface area (Å²) in [6.45, 7) is 0. The number of carbonyl (C=O) groups excluding carboxylic acids is 1. The van der Waals surface area contributed by atoms with Crippen molar-refractivity contribution in [1.82, 2.24) is 10.3 Å². The van der Waals surface area contributed by atoms with Gasteiger partial charge in [-0.15, -0.1) is 0 Å². The van der Waals surface area contributed by atoms with Crippen LogP contribution in [0.2, 0.25) is 0 Å². The Labute approximate surface area is 161 Å². The fourth-order valence-electron chi connectivity index (χ4n) is 2.94. The summed E-state index contributed by atoms with van der Waals surface area (Å²) >= 11 is 0. The van der Waals surface area contributed by atoms with Crippen LogP contribution in [0, 0.1) is 21.4 Å². The highest BCUT2D eigenvalue weighted by Crippen LogP contribution is 2.22. The summed E-state index contributed by atoms with van der Waals surface area (Å²) < 4.78 is 5.54. The van der Waals surface area contributed by atoms with E-state index in [2.05, 4.69) is 10.3 Å². The standard InChI is InChI=1S/C20H18N4O4/c21-12-15(20(25)23-16-3-1-2-4-16)11-14-5-8-18(9-6-14)28-19-10-7-17(13-22-19)24(26)27/h5-11,13,16H,1-4H2,(H,23,25)/b15-11-. The van der Waals surface area contributed by atoms with Gasteiger partial charge in [-0.05, 0) is 36.6 Å². The summed E-state index contributed by atoms with van der Waals surface area (Å²) in [4.78, 5) is 26.2. The summed E-state index contributed by atoms with van der Waals surface area (Å²) in [5.41, 5.74) is 0.618. The molecule has 28 heavy (non-hydrogen) atoms. The molecule has 0 unspecified atom stereocenters. The Bertz CT molecular complexity index is 924. The van der Waals surface area contributed by atoms with Crippen molar-refractivity contribution >= 4 is 17.7 Å². The van der Waals surface area contributed by atoms with Crippen LogP contribution in [0.3, 0.4) is 0 Å². The van der Waals surface area contributed by atoms with Crippen LogP contribution in [0.25, 0.3) is 6.08 Å². The van der Waals surface area contributed by atoms with Gasteiger partial charge in [0.15, 0.2) is 0 Å². The number of rotatable bonds is 6. The molecule has 1 N–H and O–H groups in total. The van der Waals surface area contributed by atoms with Gasteiger partial charge in [-0.3, -0.25) is 14.9 Å². The zero-order chi connectivity index (χ0) is 19.9. The molecular weight excluding hydrogens is 360 g/mol. The van der Waals surface area contributed by atoms with E-state index in [-0.39, 0.29) is 29.1 Å². The van der Waals surface area contributed by atoms with Crippen LogP contribution in [-0.2, 0) is 4.79 Å². The van der Waals surface area contributed by atoms with Gasteiger partial charge in [0.1, 0.15) is 23.6 Å². The first-order valence-corrected chi connectivity index (χ1v) is 8.86. The van der Waals surface area contributed by atoms with E-state index in [1.165, 1.54) is 18.2 Å². The maximum atomic E-state index is 12.2. The molecule has 1 aromatic carbocycles. The topological polar surface area (TPSA) is 118 Å². The Balaban J connectivity index is 1.65. The van der Waals surface area contributed by atoms with Gasteiger partial charge in [0.2, 0.25) is 5.88 Å². The molecule has 8 nitrogen and oxygen atoms in total. The van der Waals surface area contributed by atoms with E-state index >= 15 is 0 Å². The van der Waals surface area contributed by atoms with Crippen molar-refractivity contribution in [2.24, 2.45) is 0 Å². The van der Waals surface area contributed by atoms with Gasteiger partial charge >= 0.3 is 0 Å². The lowest BCUT2D eigenvalue weighted by Gasteiger charge is -2.11. The van der Waals surface area contributed by atoms with E-state index in [4.69, 9.17) is 4.74 Å². The van der Waals surface area contributed by atoms with Crippen molar-refractivity contribution in [2.45, 2.75) is 31.7 Å². The molecule has 2 aromatic rings. The minimum atomic E-state index is -0.534. The molecule has 0 aliphatic heterocycles. The van der Waals surface area contributed by atoms with E-state index in [1.54, 1.807) is 24.3 Å². The predicted octanol–water partition coefficient (Wildman–Crippen LogP) is 3.75. The number of pyridine rings is 1. The van der Waals surface area contributed by atoms with E-state index in [1.807, 2.05) is 6.07 Å². The lowest BCUT2D eigenvalue weighted by atomic mass is 10.1. The molecule has 1 amide bonds. The summed E-state index contributed by atoms with van der Waals surface area (Å²) in [7, 11) is 0. The Morgan fingerprint density at radius 2 is 1.96 bits per heavy atom. The van der Waals surface area contributed by atoms with Crippen LogP contribution in [0.1, 0.15) is 31.2 Å². The Hall–Kier alpha value is -3.73. The number of hydrogen-bond acceptors (Lipinski definition) is 6. The molecule has 8 heteroatoms. The maximum Gasteiger partial charge on any atom is 0.287 e. The number of nitriles is 1. The second-order valence-corrected chi connectivity index (χ2v) is 6.41. The molecule has 0 saturated heterocycles. The Kier molecular flexibility index (Phi) is 5.97. The lowest BCUT2D eigenvalue weighted by molar-refractivity contribution is -0.385. The first kappa shape index (κ1) is 19.0. The Morgan fingerprint density at radius 3 is 2.54 bits per heavy atom. The van der Waals surface area contributed by atoms with E-state index < -0.39 is 4.92 Å². The summed E-state index contributed by atoms with van der Waals surface area (Å²) in [5.74, 6) is 0.347. The predicted molar refractivity (Wildman–Crippen MR) is 101 cm³/mol. The largest absolute Gasteiger partial charge is 0.439 e. The molecule has 0 radical (unpaired) electrons. The van der Waals surface area contributed by atoms with E-state index in [9.17, 15) is 20.2 Å². The van der Waals surface area contributed by atoms with Crippen LogP contribution in [-0.4, -0.2) is 21.9 Å². The number of nitrogens with one attached hydrogen (secondary N) is 1. The molecule has 1 aromatic heterocycles. The summed E-state index contributed by atoms with van der Waals surface area (Å²) in [6, 6.07) is 11.6. The van der Waals surface area contributed by atoms with Crippen molar-refractivity contribution in [2.75, 3.05) is 0 Å². The number of amides is 1. The van der Waals surface area contributed by atoms with Gasteiger partial charge in [0.25, 0.3) is 11.6 Å². The van der Waals surface area contributed by atoms with Gasteiger partial charge in [0.05, 0.1) is 4.92 Å². The molecule has 0 spiro atoms. The zero-order valence-electron chi connectivity index (χ0n) is 15.0. The molecule has 142 valence electrons. The van der Waals surface area contributed by atoms with Gasteiger partial charge in [-0.25, -0.2) is 4.98 Å². The van der Waals surface area contributed by atoms with Crippen LogP contribution >= 0.6 is 0 Å². The third kappa shape index (κ3) is 4.92. The second kappa shape index (κ2) is 8.77. The Morgan fingerprint density at radius 1 is 1.25 bits per heavy atom. The maximum absolute atomic E-state index is 12.2. The van der Waals surface area contributed by atoms with Gasteiger partial charge in [-0.1, -0.05) is 25.0 Å².